The molecular formula is C11H13NO2. The molecule has 2 rings (SSSR count). The highest BCUT2D eigenvalue weighted by Gasteiger charge is 2.20. The van der Waals surface area contributed by atoms with E-state index in [9.17, 15) is 9.59 Å². The Morgan fingerprint density at radius 2 is 1.71 bits per heavy atom. The maximum Gasteiger partial charge on any atom is 0.202 e. The summed E-state index contributed by atoms with van der Waals surface area (Å²) >= 11 is 0. The van der Waals surface area contributed by atoms with E-state index in [0.717, 1.165) is 25.9 Å². The van der Waals surface area contributed by atoms with E-state index in [1.165, 1.54) is 24.6 Å². The molecule has 0 N–H and O–H groups in total. The number of likely N-dealkylation sites (tertiary alicyclic amines) is 1. The minimum atomic E-state index is -0.0785. The Hall–Kier alpha value is -1.38. The second-order valence-corrected chi connectivity index (χ2v) is 3.68. The lowest BCUT2D eigenvalue weighted by atomic mass is 10.0. The third-order valence-electron chi connectivity index (χ3n) is 2.63. The van der Waals surface area contributed by atoms with Gasteiger partial charge in [0.05, 0.1) is 5.70 Å². The summed E-state index contributed by atoms with van der Waals surface area (Å²) in [5.74, 6) is -0.114. The van der Waals surface area contributed by atoms with E-state index in [1.807, 2.05) is 4.90 Å². The smallest absolute Gasteiger partial charge is 0.202 e. The maximum absolute atomic E-state index is 11.5. The van der Waals surface area contributed by atoms with Crippen molar-refractivity contribution in [2.45, 2.75) is 19.3 Å². The van der Waals surface area contributed by atoms with E-state index in [0.29, 0.717) is 5.70 Å². The van der Waals surface area contributed by atoms with Gasteiger partial charge in [0.15, 0.2) is 5.78 Å². The van der Waals surface area contributed by atoms with Gasteiger partial charge in [0, 0.05) is 19.2 Å². The fourth-order valence-electron chi connectivity index (χ4n) is 1.88. The van der Waals surface area contributed by atoms with Crippen molar-refractivity contribution in [1.82, 2.24) is 4.90 Å². The molecule has 1 aliphatic carbocycles. The summed E-state index contributed by atoms with van der Waals surface area (Å²) < 4.78 is 0. The van der Waals surface area contributed by atoms with Gasteiger partial charge in [-0.15, -0.1) is 0 Å². The number of allylic oxidation sites excluding steroid dienone is 3. The highest BCUT2D eigenvalue weighted by molar-refractivity contribution is 6.16. The second-order valence-electron chi connectivity index (χ2n) is 3.68. The van der Waals surface area contributed by atoms with Crippen LogP contribution >= 0.6 is 0 Å². The molecule has 0 spiro atoms. The van der Waals surface area contributed by atoms with E-state index in [2.05, 4.69) is 0 Å². The predicted octanol–water partition coefficient (Wildman–Crippen LogP) is 1.06. The number of piperidine rings is 1. The van der Waals surface area contributed by atoms with Crippen LogP contribution in [0.3, 0.4) is 0 Å². The van der Waals surface area contributed by atoms with E-state index in [-0.39, 0.29) is 11.6 Å². The number of nitrogens with zero attached hydrogens (tertiary/aromatic N) is 1. The van der Waals surface area contributed by atoms with Crippen LogP contribution in [0.5, 0.6) is 0 Å². The zero-order chi connectivity index (χ0) is 9.97. The van der Waals surface area contributed by atoms with Gasteiger partial charge in [-0.1, -0.05) is 0 Å². The van der Waals surface area contributed by atoms with E-state index < -0.39 is 0 Å². The Labute approximate surface area is 83.1 Å². The van der Waals surface area contributed by atoms with E-state index >= 15 is 0 Å². The number of hydrogen-bond acceptors (Lipinski definition) is 3. The monoisotopic (exact) mass is 191 g/mol. The summed E-state index contributed by atoms with van der Waals surface area (Å²) in [7, 11) is 0. The van der Waals surface area contributed by atoms with Crippen molar-refractivity contribution in [3.8, 4) is 0 Å². The van der Waals surface area contributed by atoms with Crippen molar-refractivity contribution in [2.75, 3.05) is 13.1 Å². The van der Waals surface area contributed by atoms with Gasteiger partial charge < -0.3 is 4.90 Å². The fourth-order valence-corrected chi connectivity index (χ4v) is 1.88. The molecule has 0 amide bonds. The van der Waals surface area contributed by atoms with Crippen LogP contribution in [0.1, 0.15) is 19.3 Å². The van der Waals surface area contributed by atoms with Crippen molar-refractivity contribution in [3.63, 3.8) is 0 Å². The van der Waals surface area contributed by atoms with Crippen LogP contribution in [0.4, 0.5) is 0 Å². The van der Waals surface area contributed by atoms with Crippen molar-refractivity contribution < 1.29 is 9.59 Å². The SMILES string of the molecule is O=C1C=CC(=O)C(N2CCCCC2)=C1. The van der Waals surface area contributed by atoms with Gasteiger partial charge in [0.1, 0.15) is 0 Å². The quantitative estimate of drug-likeness (QED) is 0.582. The van der Waals surface area contributed by atoms with Crippen LogP contribution in [0.2, 0.25) is 0 Å². The zero-order valence-electron chi connectivity index (χ0n) is 8.03. The second kappa shape index (κ2) is 3.78. The molecule has 0 aromatic heterocycles. The molecule has 1 saturated heterocycles. The van der Waals surface area contributed by atoms with Gasteiger partial charge in [-0.3, -0.25) is 9.59 Å². The molecule has 0 saturated carbocycles. The summed E-state index contributed by atoms with van der Waals surface area (Å²) in [5, 5.41) is 0. The first-order chi connectivity index (χ1) is 6.77. The molecule has 0 radical (unpaired) electrons. The van der Waals surface area contributed by atoms with Crippen molar-refractivity contribution in [3.05, 3.63) is 23.9 Å². The summed E-state index contributed by atoms with van der Waals surface area (Å²) in [6.07, 6.45) is 7.60. The predicted molar refractivity (Wildman–Crippen MR) is 52.7 cm³/mol. The van der Waals surface area contributed by atoms with Gasteiger partial charge in [0.2, 0.25) is 5.78 Å². The largest absolute Gasteiger partial charge is 0.368 e. The molecule has 0 aromatic rings. The van der Waals surface area contributed by atoms with Crippen molar-refractivity contribution >= 4 is 11.6 Å². The minimum Gasteiger partial charge on any atom is -0.368 e. The van der Waals surface area contributed by atoms with Crippen LogP contribution in [0, 0.1) is 0 Å². The van der Waals surface area contributed by atoms with Crippen LogP contribution in [0.25, 0.3) is 0 Å². The summed E-state index contributed by atoms with van der Waals surface area (Å²) in [6.45, 7) is 1.80. The van der Waals surface area contributed by atoms with Crippen molar-refractivity contribution in [1.29, 1.82) is 0 Å². The Morgan fingerprint density at radius 1 is 1.00 bits per heavy atom. The topological polar surface area (TPSA) is 37.4 Å². The van der Waals surface area contributed by atoms with Gasteiger partial charge >= 0.3 is 0 Å². The molecule has 0 unspecified atom stereocenters. The lowest BCUT2D eigenvalue weighted by molar-refractivity contribution is -0.115. The molecule has 1 aliphatic heterocycles. The highest BCUT2D eigenvalue weighted by atomic mass is 16.1. The van der Waals surface area contributed by atoms with Gasteiger partial charge in [-0.2, -0.15) is 0 Å². The molecule has 3 heteroatoms. The molecule has 0 atom stereocenters. The number of hydrogen-bond donors (Lipinski definition) is 0. The lowest BCUT2D eigenvalue weighted by Gasteiger charge is -2.30. The van der Waals surface area contributed by atoms with Gasteiger partial charge in [-0.05, 0) is 31.4 Å². The Balaban J connectivity index is 2.15. The first-order valence-electron chi connectivity index (χ1n) is 5.00. The average molecular weight is 191 g/mol. The first-order valence-corrected chi connectivity index (χ1v) is 5.00. The number of carbonyl (C=O) groups excluding carboxylic acids is 2. The molecular weight excluding hydrogens is 178 g/mol. The average Bonchev–Trinajstić information content (AvgIpc) is 2.23. The number of rotatable bonds is 1. The summed E-state index contributed by atoms with van der Waals surface area (Å²) in [4.78, 5) is 24.6. The maximum atomic E-state index is 11.5. The molecule has 0 bridgehead atoms. The highest BCUT2D eigenvalue weighted by Crippen LogP contribution is 2.17. The molecule has 1 heterocycles. The molecule has 74 valence electrons. The summed E-state index contributed by atoms with van der Waals surface area (Å²) in [6, 6.07) is 0. The van der Waals surface area contributed by atoms with Gasteiger partial charge in [-0.25, -0.2) is 0 Å². The first kappa shape index (κ1) is 9.19. The fraction of sp³-hybridized carbons (Fsp3) is 0.455. The third kappa shape index (κ3) is 1.76. The Kier molecular flexibility index (Phi) is 2.48. The Bertz CT molecular complexity index is 322. The number of carbonyl (C=O) groups is 2. The van der Waals surface area contributed by atoms with Crippen LogP contribution in [-0.4, -0.2) is 29.6 Å². The third-order valence-corrected chi connectivity index (χ3v) is 2.63. The Morgan fingerprint density at radius 3 is 2.43 bits per heavy atom. The zero-order valence-corrected chi connectivity index (χ0v) is 8.03. The molecule has 1 fully saturated rings. The molecule has 14 heavy (non-hydrogen) atoms. The minimum absolute atomic E-state index is 0.0356. The lowest BCUT2D eigenvalue weighted by Crippen LogP contribution is -2.33. The normalized spacial score (nSPS) is 22.6. The van der Waals surface area contributed by atoms with E-state index in [1.54, 1.807) is 0 Å². The van der Waals surface area contributed by atoms with Crippen molar-refractivity contribution in [2.24, 2.45) is 0 Å². The standard InChI is InChI=1S/C11H13NO2/c13-9-4-5-11(14)10(8-9)12-6-2-1-3-7-12/h4-5,8H,1-3,6-7H2. The molecule has 2 aliphatic rings. The van der Waals surface area contributed by atoms with Crippen LogP contribution in [0.15, 0.2) is 23.9 Å². The summed E-state index contributed by atoms with van der Waals surface area (Å²) in [5.41, 5.74) is 0.581. The molecule has 3 nitrogen and oxygen atoms in total. The van der Waals surface area contributed by atoms with Crippen LogP contribution in [-0.2, 0) is 9.59 Å². The van der Waals surface area contributed by atoms with Crippen LogP contribution < -0.4 is 0 Å². The van der Waals surface area contributed by atoms with Gasteiger partial charge in [0.25, 0.3) is 0 Å². The number of ketones is 2. The van der Waals surface area contributed by atoms with E-state index in [4.69, 9.17) is 0 Å². The molecule has 0 aromatic carbocycles.